The molecular formula is C17H18O. The quantitative estimate of drug-likeness (QED) is 0.780. The van der Waals surface area contributed by atoms with Gasteiger partial charge in [-0.05, 0) is 30.5 Å². The third kappa shape index (κ3) is 2.45. The van der Waals surface area contributed by atoms with E-state index in [2.05, 4.69) is 38.6 Å². The molecule has 18 heavy (non-hydrogen) atoms. The summed E-state index contributed by atoms with van der Waals surface area (Å²) in [6.45, 7) is 7.87. The second kappa shape index (κ2) is 5.09. The van der Waals surface area contributed by atoms with Crippen molar-refractivity contribution in [1.82, 2.24) is 0 Å². The van der Waals surface area contributed by atoms with Gasteiger partial charge in [0, 0.05) is 0 Å². The smallest absolute Gasteiger partial charge is 0.0969 e. The molecule has 92 valence electrons. The molecule has 0 saturated heterocycles. The van der Waals surface area contributed by atoms with Gasteiger partial charge < -0.3 is 5.11 Å². The van der Waals surface area contributed by atoms with E-state index in [9.17, 15) is 5.11 Å². The van der Waals surface area contributed by atoms with Crippen LogP contribution in [0.5, 0.6) is 0 Å². The van der Waals surface area contributed by atoms with Gasteiger partial charge in [-0.3, -0.25) is 0 Å². The molecule has 2 aromatic rings. The van der Waals surface area contributed by atoms with Crippen molar-refractivity contribution in [3.8, 4) is 0 Å². The van der Waals surface area contributed by atoms with Gasteiger partial charge in [0.05, 0.1) is 11.7 Å². The molecule has 0 aromatic heterocycles. The zero-order chi connectivity index (χ0) is 13.1. The molecule has 0 amide bonds. The summed E-state index contributed by atoms with van der Waals surface area (Å²) in [5.74, 6) is 0.0416. The fraction of sp³-hybridized carbons (Fsp3) is 0.176. The molecule has 0 bridgehead atoms. The molecule has 1 heteroatoms. The highest BCUT2D eigenvalue weighted by atomic mass is 16.3. The maximum absolute atomic E-state index is 9.92. The van der Waals surface area contributed by atoms with Crippen LogP contribution in [0.1, 0.15) is 28.2 Å². The van der Waals surface area contributed by atoms with Gasteiger partial charge in [-0.15, -0.1) is 0 Å². The fourth-order valence-corrected chi connectivity index (χ4v) is 2.35. The normalized spacial score (nSPS) is 12.1. The maximum Gasteiger partial charge on any atom is 0.0969 e. The van der Waals surface area contributed by atoms with Crippen molar-refractivity contribution in [2.24, 2.45) is 0 Å². The molecule has 0 aliphatic carbocycles. The number of hydrogen-bond acceptors (Lipinski definition) is 1. The van der Waals surface area contributed by atoms with E-state index in [4.69, 9.17) is 0 Å². The van der Waals surface area contributed by atoms with E-state index < -0.39 is 0 Å². The molecule has 0 aliphatic rings. The van der Waals surface area contributed by atoms with Crippen LogP contribution in [0.3, 0.4) is 0 Å². The van der Waals surface area contributed by atoms with Gasteiger partial charge in [0.25, 0.3) is 0 Å². The summed E-state index contributed by atoms with van der Waals surface area (Å²) in [6, 6.07) is 16.3. The van der Waals surface area contributed by atoms with E-state index in [1.807, 2.05) is 30.3 Å². The third-order valence-electron chi connectivity index (χ3n) is 3.20. The van der Waals surface area contributed by atoms with E-state index in [0.29, 0.717) is 0 Å². The molecule has 0 saturated carbocycles. The Morgan fingerprint density at radius 2 is 1.72 bits per heavy atom. The van der Waals surface area contributed by atoms with E-state index in [1.54, 1.807) is 0 Å². The van der Waals surface area contributed by atoms with Crippen LogP contribution in [0.2, 0.25) is 0 Å². The standard InChI is InChI=1S/C17H18O/c1-12-9-10-16(13(2)11-12)17(14(3)18)15-7-5-4-6-8-15/h4-11,17-18H,3H2,1-2H3. The fourth-order valence-electron chi connectivity index (χ4n) is 2.35. The molecule has 1 N–H and O–H groups in total. The Bertz CT molecular complexity index is 555. The minimum absolute atomic E-state index is 0.146. The Balaban J connectivity index is 2.52. The molecule has 0 aliphatic heterocycles. The van der Waals surface area contributed by atoms with Crippen LogP contribution in [0.25, 0.3) is 0 Å². The first kappa shape index (κ1) is 12.4. The van der Waals surface area contributed by atoms with E-state index in [1.165, 1.54) is 11.1 Å². The second-order valence-corrected chi connectivity index (χ2v) is 4.70. The lowest BCUT2D eigenvalue weighted by Gasteiger charge is -2.19. The molecule has 0 fully saturated rings. The summed E-state index contributed by atoms with van der Waals surface area (Å²) in [7, 11) is 0. The average molecular weight is 238 g/mol. The number of aliphatic hydroxyl groups is 1. The van der Waals surface area contributed by atoms with Gasteiger partial charge in [0.1, 0.15) is 0 Å². The molecule has 1 unspecified atom stereocenters. The van der Waals surface area contributed by atoms with E-state index in [-0.39, 0.29) is 11.7 Å². The minimum atomic E-state index is -0.146. The first-order valence-electron chi connectivity index (χ1n) is 6.09. The number of allylic oxidation sites excluding steroid dienone is 1. The van der Waals surface area contributed by atoms with Gasteiger partial charge in [-0.1, -0.05) is 60.7 Å². The molecule has 1 atom stereocenters. The number of hydrogen-bond donors (Lipinski definition) is 1. The van der Waals surface area contributed by atoms with Crippen molar-refractivity contribution in [2.75, 3.05) is 0 Å². The van der Waals surface area contributed by atoms with Gasteiger partial charge in [0.2, 0.25) is 0 Å². The molecule has 0 radical (unpaired) electrons. The average Bonchev–Trinajstić information content (AvgIpc) is 2.33. The topological polar surface area (TPSA) is 20.2 Å². The summed E-state index contributed by atoms with van der Waals surface area (Å²) in [5.41, 5.74) is 4.59. The van der Waals surface area contributed by atoms with E-state index in [0.717, 1.165) is 11.1 Å². The third-order valence-corrected chi connectivity index (χ3v) is 3.20. The minimum Gasteiger partial charge on any atom is -0.512 e. The van der Waals surface area contributed by atoms with Crippen LogP contribution >= 0.6 is 0 Å². The van der Waals surface area contributed by atoms with Crippen LogP contribution < -0.4 is 0 Å². The molecule has 1 nitrogen and oxygen atoms in total. The monoisotopic (exact) mass is 238 g/mol. The zero-order valence-corrected chi connectivity index (χ0v) is 10.9. The first-order valence-corrected chi connectivity index (χ1v) is 6.09. The Labute approximate surface area is 108 Å². The lowest BCUT2D eigenvalue weighted by Crippen LogP contribution is -2.05. The van der Waals surface area contributed by atoms with Crippen LogP contribution in [-0.2, 0) is 0 Å². The highest BCUT2D eigenvalue weighted by molar-refractivity contribution is 5.43. The van der Waals surface area contributed by atoms with Gasteiger partial charge >= 0.3 is 0 Å². The summed E-state index contributed by atoms with van der Waals surface area (Å²) < 4.78 is 0. The summed E-state index contributed by atoms with van der Waals surface area (Å²) >= 11 is 0. The molecule has 2 rings (SSSR count). The summed E-state index contributed by atoms with van der Waals surface area (Å²) in [6.07, 6.45) is 0. The van der Waals surface area contributed by atoms with Crippen molar-refractivity contribution >= 4 is 0 Å². The maximum atomic E-state index is 9.92. The Morgan fingerprint density at radius 1 is 1.06 bits per heavy atom. The highest BCUT2D eigenvalue weighted by Crippen LogP contribution is 2.31. The molecular weight excluding hydrogens is 220 g/mol. The van der Waals surface area contributed by atoms with Crippen molar-refractivity contribution < 1.29 is 5.11 Å². The van der Waals surface area contributed by atoms with Gasteiger partial charge in [0.15, 0.2) is 0 Å². The second-order valence-electron chi connectivity index (χ2n) is 4.70. The van der Waals surface area contributed by atoms with Gasteiger partial charge in [-0.25, -0.2) is 0 Å². The first-order chi connectivity index (χ1) is 8.59. The van der Waals surface area contributed by atoms with Crippen molar-refractivity contribution in [3.05, 3.63) is 83.1 Å². The van der Waals surface area contributed by atoms with E-state index >= 15 is 0 Å². The van der Waals surface area contributed by atoms with Crippen molar-refractivity contribution in [3.63, 3.8) is 0 Å². The lowest BCUT2D eigenvalue weighted by atomic mass is 9.87. The summed E-state index contributed by atoms with van der Waals surface area (Å²) in [5, 5.41) is 9.92. The predicted octanol–water partition coefficient (Wildman–Crippen LogP) is 4.51. The SMILES string of the molecule is C=C(O)C(c1ccccc1)c1ccc(C)cc1C. The van der Waals surface area contributed by atoms with Crippen LogP contribution in [-0.4, -0.2) is 5.11 Å². The van der Waals surface area contributed by atoms with Crippen LogP contribution in [0.15, 0.2) is 60.9 Å². The van der Waals surface area contributed by atoms with Crippen LogP contribution in [0.4, 0.5) is 0 Å². The molecule has 0 heterocycles. The van der Waals surface area contributed by atoms with Crippen LogP contribution in [0, 0.1) is 13.8 Å². The zero-order valence-electron chi connectivity index (χ0n) is 10.9. The largest absolute Gasteiger partial charge is 0.512 e. The molecule has 0 spiro atoms. The number of aryl methyl sites for hydroxylation is 2. The number of aliphatic hydroxyl groups excluding tert-OH is 1. The van der Waals surface area contributed by atoms with Crippen molar-refractivity contribution in [2.45, 2.75) is 19.8 Å². The Kier molecular flexibility index (Phi) is 3.52. The van der Waals surface area contributed by atoms with Gasteiger partial charge in [-0.2, -0.15) is 0 Å². The number of rotatable bonds is 3. The highest BCUT2D eigenvalue weighted by Gasteiger charge is 2.18. The number of benzene rings is 2. The Morgan fingerprint density at radius 3 is 2.28 bits per heavy atom. The predicted molar refractivity (Wildman–Crippen MR) is 76.0 cm³/mol. The van der Waals surface area contributed by atoms with Crippen molar-refractivity contribution in [1.29, 1.82) is 0 Å². The summed E-state index contributed by atoms with van der Waals surface area (Å²) in [4.78, 5) is 0. The lowest BCUT2D eigenvalue weighted by molar-refractivity contribution is 0.384. The Hall–Kier alpha value is -2.02. The molecule has 2 aromatic carbocycles.